The van der Waals surface area contributed by atoms with Gasteiger partial charge in [0.1, 0.15) is 6.61 Å². The average molecular weight is 456 g/mol. The van der Waals surface area contributed by atoms with Crippen LogP contribution < -0.4 is 15.2 Å². The molecule has 3 aromatic rings. The first-order valence-corrected chi connectivity index (χ1v) is 11.2. The summed E-state index contributed by atoms with van der Waals surface area (Å²) in [7, 11) is -5.23. The molecule has 1 aliphatic carbocycles. The van der Waals surface area contributed by atoms with Gasteiger partial charge in [-0.25, -0.2) is 4.79 Å². The zero-order valence-corrected chi connectivity index (χ0v) is 18.0. The molecule has 0 unspecified atom stereocenters. The largest absolute Gasteiger partial charge is 0.488 e. The molecule has 1 amide bonds. The van der Waals surface area contributed by atoms with E-state index in [1.807, 2.05) is 48.5 Å². The van der Waals surface area contributed by atoms with Crippen LogP contribution in [0.2, 0.25) is 0 Å². The van der Waals surface area contributed by atoms with E-state index < -0.39 is 16.6 Å². The van der Waals surface area contributed by atoms with Gasteiger partial charge in [0.15, 0.2) is 5.75 Å². The lowest BCUT2D eigenvalue weighted by Gasteiger charge is -2.16. The fourth-order valence-electron chi connectivity index (χ4n) is 3.98. The number of ether oxygens (including phenoxy) is 1. The molecule has 9 heteroatoms. The minimum atomic E-state index is -5.23. The van der Waals surface area contributed by atoms with Gasteiger partial charge in [-0.3, -0.25) is 5.32 Å². The summed E-state index contributed by atoms with van der Waals surface area (Å²) in [5.41, 5.74) is 11.1. The van der Waals surface area contributed by atoms with Gasteiger partial charge in [-0.2, -0.15) is 8.42 Å². The van der Waals surface area contributed by atoms with E-state index in [-0.39, 0.29) is 30.5 Å². The smallest absolute Gasteiger partial charge is 0.448 e. The lowest BCUT2D eigenvalue weighted by atomic mass is 9.98. The third-order valence-corrected chi connectivity index (χ3v) is 5.85. The summed E-state index contributed by atoms with van der Waals surface area (Å²) in [5.74, 6) is -0.370. The van der Waals surface area contributed by atoms with Crippen molar-refractivity contribution in [2.75, 3.05) is 11.9 Å². The highest BCUT2D eigenvalue weighted by Gasteiger charge is 2.29. The lowest BCUT2D eigenvalue weighted by Crippen LogP contribution is -2.18. The SMILES string of the molecule is Cc1c(CN)cc(NC(=O)OCC2c3ccccc3-c3ccccc32)cc1OS(=O)(=O)F. The molecule has 3 aromatic carbocycles. The Morgan fingerprint density at radius 2 is 1.66 bits per heavy atom. The molecule has 0 bridgehead atoms. The maximum absolute atomic E-state index is 13.0. The van der Waals surface area contributed by atoms with Gasteiger partial charge < -0.3 is 14.7 Å². The molecule has 7 nitrogen and oxygen atoms in total. The van der Waals surface area contributed by atoms with E-state index >= 15 is 0 Å². The molecule has 4 rings (SSSR count). The number of carbonyl (C=O) groups excluding carboxylic acids is 1. The summed E-state index contributed by atoms with van der Waals surface area (Å²) < 4.78 is 44.7. The molecule has 0 aromatic heterocycles. The summed E-state index contributed by atoms with van der Waals surface area (Å²) in [5, 5.41) is 2.53. The minimum absolute atomic E-state index is 0.0364. The number of halogens is 1. The second-order valence-electron chi connectivity index (χ2n) is 7.39. The molecular weight excluding hydrogens is 435 g/mol. The molecule has 0 aliphatic heterocycles. The molecule has 0 radical (unpaired) electrons. The van der Waals surface area contributed by atoms with Gasteiger partial charge in [0.25, 0.3) is 0 Å². The number of fused-ring (bicyclic) bond motifs is 3. The molecule has 32 heavy (non-hydrogen) atoms. The van der Waals surface area contributed by atoms with Crippen molar-refractivity contribution in [1.29, 1.82) is 0 Å². The van der Waals surface area contributed by atoms with Crippen molar-refractivity contribution < 1.29 is 26.0 Å². The van der Waals surface area contributed by atoms with Crippen LogP contribution in [0.4, 0.5) is 14.4 Å². The van der Waals surface area contributed by atoms with E-state index in [9.17, 15) is 17.1 Å². The Bertz CT molecular complexity index is 1250. The van der Waals surface area contributed by atoms with Gasteiger partial charge in [0.2, 0.25) is 0 Å². The number of nitrogens with one attached hydrogen (secondary N) is 1. The molecule has 0 saturated carbocycles. The maximum Gasteiger partial charge on any atom is 0.488 e. The maximum atomic E-state index is 13.0. The van der Waals surface area contributed by atoms with Gasteiger partial charge in [0, 0.05) is 24.2 Å². The van der Waals surface area contributed by atoms with Crippen LogP contribution in [0.5, 0.6) is 5.75 Å². The fourth-order valence-corrected chi connectivity index (χ4v) is 4.36. The Morgan fingerprint density at radius 1 is 1.06 bits per heavy atom. The Hall–Kier alpha value is -3.43. The van der Waals surface area contributed by atoms with Crippen LogP contribution in [0, 0.1) is 6.92 Å². The first-order chi connectivity index (χ1) is 15.3. The van der Waals surface area contributed by atoms with Crippen LogP contribution in [-0.4, -0.2) is 21.1 Å². The standard InChI is InChI=1S/C23H21FN2O5S/c1-14-15(12-25)10-16(11-22(14)31-32(24,28)29)26-23(27)30-13-21-19-8-4-2-6-17(19)18-7-3-5-9-20(18)21/h2-11,21H,12-13,25H2,1H3,(H,26,27). The van der Waals surface area contributed by atoms with Crippen molar-refractivity contribution in [3.63, 3.8) is 0 Å². The fraction of sp³-hybridized carbons (Fsp3) is 0.174. The summed E-state index contributed by atoms with van der Waals surface area (Å²) >= 11 is 0. The first kappa shape index (κ1) is 21.8. The predicted molar refractivity (Wildman–Crippen MR) is 118 cm³/mol. The van der Waals surface area contributed by atoms with Crippen LogP contribution >= 0.6 is 0 Å². The number of nitrogens with two attached hydrogens (primary N) is 1. The van der Waals surface area contributed by atoms with E-state index in [1.165, 1.54) is 6.07 Å². The van der Waals surface area contributed by atoms with Crippen molar-refractivity contribution in [3.8, 4) is 16.9 Å². The number of rotatable bonds is 6. The highest BCUT2D eigenvalue weighted by Crippen LogP contribution is 2.44. The van der Waals surface area contributed by atoms with Gasteiger partial charge in [-0.15, -0.1) is 0 Å². The van der Waals surface area contributed by atoms with Crippen LogP contribution in [0.15, 0.2) is 60.7 Å². The van der Waals surface area contributed by atoms with Crippen molar-refractivity contribution in [1.82, 2.24) is 0 Å². The van der Waals surface area contributed by atoms with E-state index in [4.69, 9.17) is 10.5 Å². The van der Waals surface area contributed by atoms with Crippen molar-refractivity contribution in [3.05, 3.63) is 82.9 Å². The van der Waals surface area contributed by atoms with Gasteiger partial charge in [0.05, 0.1) is 0 Å². The Morgan fingerprint density at radius 3 is 2.22 bits per heavy atom. The number of hydrogen-bond acceptors (Lipinski definition) is 6. The average Bonchev–Trinajstić information content (AvgIpc) is 3.07. The van der Waals surface area contributed by atoms with Crippen molar-refractivity contribution in [2.24, 2.45) is 5.73 Å². The van der Waals surface area contributed by atoms with E-state index in [0.29, 0.717) is 11.1 Å². The number of anilines is 1. The minimum Gasteiger partial charge on any atom is -0.448 e. The molecule has 0 heterocycles. The van der Waals surface area contributed by atoms with Crippen LogP contribution in [0.1, 0.15) is 28.2 Å². The number of hydrogen-bond donors (Lipinski definition) is 2. The molecule has 0 spiro atoms. The highest BCUT2D eigenvalue weighted by atomic mass is 32.3. The molecule has 0 fully saturated rings. The van der Waals surface area contributed by atoms with Gasteiger partial charge in [-0.1, -0.05) is 52.4 Å². The van der Waals surface area contributed by atoms with Gasteiger partial charge >= 0.3 is 16.6 Å². The molecule has 1 aliphatic rings. The number of carbonyl (C=O) groups is 1. The molecule has 166 valence electrons. The van der Waals surface area contributed by atoms with Crippen molar-refractivity contribution >= 4 is 22.3 Å². The monoisotopic (exact) mass is 456 g/mol. The Balaban J connectivity index is 1.51. The summed E-state index contributed by atoms with van der Waals surface area (Å²) in [6.07, 6.45) is -0.743. The van der Waals surface area contributed by atoms with E-state index in [1.54, 1.807) is 13.0 Å². The molecule has 0 atom stereocenters. The van der Waals surface area contributed by atoms with Gasteiger partial charge in [-0.05, 0) is 46.4 Å². The third kappa shape index (κ3) is 4.44. The molecule has 3 N–H and O–H groups in total. The summed E-state index contributed by atoms with van der Waals surface area (Å²) in [6, 6.07) is 18.7. The second kappa shape index (κ2) is 8.60. The van der Waals surface area contributed by atoms with Crippen LogP contribution in [-0.2, 0) is 21.8 Å². The normalized spacial score (nSPS) is 12.7. The van der Waals surface area contributed by atoms with E-state index in [2.05, 4.69) is 9.50 Å². The number of benzene rings is 3. The number of amides is 1. The Labute approximate surface area is 185 Å². The van der Waals surface area contributed by atoms with Crippen LogP contribution in [0.25, 0.3) is 11.1 Å². The molecular formula is C23H21FN2O5S. The van der Waals surface area contributed by atoms with E-state index in [0.717, 1.165) is 22.3 Å². The highest BCUT2D eigenvalue weighted by molar-refractivity contribution is 7.81. The zero-order valence-electron chi connectivity index (χ0n) is 17.2. The second-order valence-corrected chi connectivity index (χ2v) is 8.34. The van der Waals surface area contributed by atoms with Crippen LogP contribution in [0.3, 0.4) is 0 Å². The topological polar surface area (TPSA) is 108 Å². The quantitative estimate of drug-likeness (QED) is 0.532. The molecule has 0 saturated heterocycles. The van der Waals surface area contributed by atoms with Crippen molar-refractivity contribution in [2.45, 2.75) is 19.4 Å². The summed E-state index contributed by atoms with van der Waals surface area (Å²) in [6.45, 7) is 1.69. The zero-order chi connectivity index (χ0) is 22.9. The third-order valence-electron chi connectivity index (χ3n) is 5.47. The Kier molecular flexibility index (Phi) is 5.86. The predicted octanol–water partition coefficient (Wildman–Crippen LogP) is 4.41. The summed E-state index contributed by atoms with van der Waals surface area (Å²) in [4.78, 5) is 12.5. The lowest BCUT2D eigenvalue weighted by molar-refractivity contribution is 0.158. The first-order valence-electron chi connectivity index (χ1n) is 9.86.